The van der Waals surface area contributed by atoms with Crippen molar-refractivity contribution in [2.75, 3.05) is 6.54 Å². The molecule has 2 atom stereocenters. The number of rotatable bonds is 2. The van der Waals surface area contributed by atoms with Gasteiger partial charge in [-0.1, -0.05) is 32.0 Å². The molecule has 0 unspecified atom stereocenters. The molecule has 1 aliphatic carbocycles. The van der Waals surface area contributed by atoms with Crippen LogP contribution in [-0.4, -0.2) is 16.3 Å². The summed E-state index contributed by atoms with van der Waals surface area (Å²) in [6.45, 7) is 5.37. The van der Waals surface area contributed by atoms with Gasteiger partial charge in [-0.05, 0) is 23.9 Å². The first-order chi connectivity index (χ1) is 8.07. The zero-order valence-corrected chi connectivity index (χ0v) is 10.6. The molecule has 3 rings (SSSR count). The molecule has 3 nitrogen and oxygen atoms in total. The second-order valence-corrected chi connectivity index (χ2v) is 5.67. The molecule has 1 heterocycles. The lowest BCUT2D eigenvalue weighted by Crippen LogP contribution is -2.05. The third-order valence-electron chi connectivity index (χ3n) is 4.39. The van der Waals surface area contributed by atoms with Gasteiger partial charge >= 0.3 is 0 Å². The van der Waals surface area contributed by atoms with E-state index in [1.807, 2.05) is 17.8 Å². The minimum Gasteiger partial charge on any atom is -0.330 e. The molecule has 2 aromatic rings. The predicted molar refractivity (Wildman–Crippen MR) is 69.8 cm³/mol. The molecule has 0 amide bonds. The molecule has 2 N–H and O–H groups in total. The number of nitrogens with two attached hydrogens (primary N) is 1. The van der Waals surface area contributed by atoms with E-state index < -0.39 is 0 Å². The van der Waals surface area contributed by atoms with Gasteiger partial charge in [-0.25, -0.2) is 0 Å². The van der Waals surface area contributed by atoms with E-state index in [9.17, 15) is 0 Å². The molecule has 1 aromatic heterocycles. The highest BCUT2D eigenvalue weighted by Crippen LogP contribution is 2.64. The molecule has 0 radical (unpaired) electrons. The second kappa shape index (κ2) is 3.33. The molecule has 90 valence electrons. The quantitative estimate of drug-likeness (QED) is 0.858. The number of benzene rings is 1. The molecule has 1 aliphatic rings. The van der Waals surface area contributed by atoms with Gasteiger partial charge in [0.1, 0.15) is 0 Å². The summed E-state index contributed by atoms with van der Waals surface area (Å²) in [5, 5.41) is 5.87. The first kappa shape index (κ1) is 10.8. The van der Waals surface area contributed by atoms with Gasteiger partial charge in [-0.15, -0.1) is 0 Å². The van der Waals surface area contributed by atoms with Crippen molar-refractivity contribution in [3.63, 3.8) is 0 Å². The van der Waals surface area contributed by atoms with Crippen molar-refractivity contribution in [1.29, 1.82) is 0 Å². The zero-order chi connectivity index (χ0) is 12.2. The van der Waals surface area contributed by atoms with E-state index in [2.05, 4.69) is 37.1 Å². The lowest BCUT2D eigenvalue weighted by Gasteiger charge is -2.04. The summed E-state index contributed by atoms with van der Waals surface area (Å²) in [6, 6.07) is 8.36. The van der Waals surface area contributed by atoms with E-state index in [0.717, 1.165) is 12.1 Å². The van der Waals surface area contributed by atoms with E-state index in [1.165, 1.54) is 11.1 Å². The Morgan fingerprint density at radius 2 is 2.06 bits per heavy atom. The first-order valence-corrected chi connectivity index (χ1v) is 6.19. The van der Waals surface area contributed by atoms with Crippen LogP contribution >= 0.6 is 0 Å². The largest absolute Gasteiger partial charge is 0.330 e. The van der Waals surface area contributed by atoms with Crippen LogP contribution in [0.3, 0.4) is 0 Å². The minimum atomic E-state index is 0.311. The van der Waals surface area contributed by atoms with Crippen LogP contribution in [0.5, 0.6) is 0 Å². The van der Waals surface area contributed by atoms with Crippen molar-refractivity contribution in [3.05, 3.63) is 30.0 Å². The van der Waals surface area contributed by atoms with E-state index in [0.29, 0.717) is 17.3 Å². The Bertz CT molecular complexity index is 568. The number of fused-ring (bicyclic) bond motifs is 1. The molecule has 0 spiro atoms. The molecule has 0 bridgehead atoms. The van der Waals surface area contributed by atoms with Gasteiger partial charge in [0.2, 0.25) is 0 Å². The smallest absolute Gasteiger partial charge is 0.0926 e. The lowest BCUT2D eigenvalue weighted by atomic mass is 10.0. The van der Waals surface area contributed by atoms with E-state index in [4.69, 9.17) is 5.73 Å². The molecule has 17 heavy (non-hydrogen) atoms. The monoisotopic (exact) mass is 229 g/mol. The van der Waals surface area contributed by atoms with Crippen LogP contribution in [0.2, 0.25) is 0 Å². The summed E-state index contributed by atoms with van der Waals surface area (Å²) >= 11 is 0. The van der Waals surface area contributed by atoms with Crippen molar-refractivity contribution in [2.24, 2.45) is 24.1 Å². The van der Waals surface area contributed by atoms with Crippen molar-refractivity contribution in [3.8, 4) is 0 Å². The van der Waals surface area contributed by atoms with Crippen molar-refractivity contribution >= 4 is 10.9 Å². The van der Waals surface area contributed by atoms with E-state index >= 15 is 0 Å². The average molecular weight is 229 g/mol. The minimum absolute atomic E-state index is 0.311. The Labute approximate surface area is 102 Å². The summed E-state index contributed by atoms with van der Waals surface area (Å²) in [5.41, 5.74) is 8.62. The summed E-state index contributed by atoms with van der Waals surface area (Å²) < 4.78 is 2.03. The van der Waals surface area contributed by atoms with Crippen molar-refractivity contribution < 1.29 is 0 Å². The van der Waals surface area contributed by atoms with E-state index in [-0.39, 0.29) is 0 Å². The number of aromatic nitrogens is 2. The average Bonchev–Trinajstić information content (AvgIpc) is 2.67. The van der Waals surface area contributed by atoms with Gasteiger partial charge in [0.25, 0.3) is 0 Å². The zero-order valence-electron chi connectivity index (χ0n) is 10.6. The van der Waals surface area contributed by atoms with Crippen LogP contribution in [0.15, 0.2) is 24.3 Å². The normalized spacial score (nSPS) is 26.4. The van der Waals surface area contributed by atoms with Crippen LogP contribution in [0.4, 0.5) is 0 Å². The van der Waals surface area contributed by atoms with Crippen LogP contribution in [0.25, 0.3) is 10.9 Å². The summed E-state index contributed by atoms with van der Waals surface area (Å²) in [5.74, 6) is 1.13. The molecular weight excluding hydrogens is 210 g/mol. The fourth-order valence-corrected chi connectivity index (χ4v) is 3.26. The Balaban J connectivity index is 2.16. The number of nitrogens with zero attached hydrogens (tertiary/aromatic N) is 2. The van der Waals surface area contributed by atoms with Gasteiger partial charge in [0.05, 0.1) is 5.52 Å². The maximum Gasteiger partial charge on any atom is 0.0926 e. The number of hydrogen-bond acceptors (Lipinski definition) is 2. The summed E-state index contributed by atoms with van der Waals surface area (Å²) in [7, 11) is 2.04. The molecule has 0 saturated heterocycles. The van der Waals surface area contributed by atoms with Gasteiger partial charge in [-0.3, -0.25) is 4.68 Å². The van der Waals surface area contributed by atoms with E-state index in [1.54, 1.807) is 0 Å². The fraction of sp³-hybridized carbons (Fsp3) is 0.500. The van der Waals surface area contributed by atoms with Gasteiger partial charge < -0.3 is 5.73 Å². The number of hydrogen-bond donors (Lipinski definition) is 1. The SMILES string of the molecule is Cn1nc2ccccc2c1[C@@H]1[C@@H](CN)C1(C)C. The Hall–Kier alpha value is -1.35. The molecule has 1 aromatic carbocycles. The highest BCUT2D eigenvalue weighted by molar-refractivity contribution is 5.82. The Morgan fingerprint density at radius 3 is 2.71 bits per heavy atom. The summed E-state index contributed by atoms with van der Waals surface area (Å²) in [4.78, 5) is 0. The van der Waals surface area contributed by atoms with Crippen LogP contribution < -0.4 is 5.73 Å². The molecule has 3 heteroatoms. The lowest BCUT2D eigenvalue weighted by molar-refractivity contribution is 0.553. The maximum absolute atomic E-state index is 5.87. The van der Waals surface area contributed by atoms with Crippen LogP contribution in [0, 0.1) is 11.3 Å². The van der Waals surface area contributed by atoms with Crippen molar-refractivity contribution in [2.45, 2.75) is 19.8 Å². The third-order valence-corrected chi connectivity index (χ3v) is 4.39. The second-order valence-electron chi connectivity index (χ2n) is 5.67. The van der Waals surface area contributed by atoms with Crippen molar-refractivity contribution in [1.82, 2.24) is 9.78 Å². The Morgan fingerprint density at radius 1 is 1.35 bits per heavy atom. The van der Waals surface area contributed by atoms with Gasteiger partial charge in [0.15, 0.2) is 0 Å². The Kier molecular flexibility index (Phi) is 2.11. The fourth-order valence-electron chi connectivity index (χ4n) is 3.26. The first-order valence-electron chi connectivity index (χ1n) is 6.19. The van der Waals surface area contributed by atoms with Crippen LogP contribution in [0.1, 0.15) is 25.5 Å². The predicted octanol–water partition coefficient (Wildman–Crippen LogP) is 2.27. The standard InChI is InChI=1S/C14H19N3/c1-14(2)10(8-15)12(14)13-9-6-4-5-7-11(9)16-17(13)3/h4-7,10,12H,8,15H2,1-3H3/t10-,12+/m1/s1. The molecule has 0 aliphatic heterocycles. The third kappa shape index (κ3) is 1.35. The van der Waals surface area contributed by atoms with Gasteiger partial charge in [0, 0.05) is 24.0 Å². The highest BCUT2D eigenvalue weighted by Gasteiger charge is 2.58. The summed E-state index contributed by atoms with van der Waals surface area (Å²) in [6.07, 6.45) is 0. The molecule has 1 fully saturated rings. The molecule has 1 saturated carbocycles. The van der Waals surface area contributed by atoms with Crippen LogP contribution in [-0.2, 0) is 7.05 Å². The topological polar surface area (TPSA) is 43.8 Å². The highest BCUT2D eigenvalue weighted by atomic mass is 15.3. The number of aryl methyl sites for hydroxylation is 1. The maximum atomic E-state index is 5.87. The van der Waals surface area contributed by atoms with Gasteiger partial charge in [-0.2, -0.15) is 5.10 Å². The molecular formula is C14H19N3.